The van der Waals surface area contributed by atoms with Crippen molar-refractivity contribution in [3.8, 4) is 28.7 Å². The lowest BCUT2D eigenvalue weighted by molar-refractivity contribution is 0.0999. The normalized spacial score (nSPS) is 15.6. The number of benzene rings is 2. The molecule has 2 aromatic carbocycles. The first-order chi connectivity index (χ1) is 13.1. The van der Waals surface area contributed by atoms with Crippen LogP contribution in [0.25, 0.3) is 11.5 Å². The maximum atomic E-state index is 12.7. The summed E-state index contributed by atoms with van der Waals surface area (Å²) in [5.74, 6) is 1.63. The summed E-state index contributed by atoms with van der Waals surface area (Å²) in [6.45, 7) is 0. The van der Waals surface area contributed by atoms with Crippen molar-refractivity contribution >= 4 is 17.5 Å². The summed E-state index contributed by atoms with van der Waals surface area (Å²) in [7, 11) is 3.11. The molecule has 1 aromatic heterocycles. The van der Waals surface area contributed by atoms with Gasteiger partial charge in [-0.3, -0.25) is 4.79 Å². The molecule has 138 valence electrons. The molecule has 1 aliphatic rings. The Bertz CT molecular complexity index is 1000. The second-order valence-electron chi connectivity index (χ2n) is 5.96. The first-order valence-electron chi connectivity index (χ1n) is 8.17. The molecule has 0 saturated carbocycles. The summed E-state index contributed by atoms with van der Waals surface area (Å²) in [4.78, 5) is 12.7. The summed E-state index contributed by atoms with van der Waals surface area (Å²) in [5, 5.41) is 17.4. The van der Waals surface area contributed by atoms with Crippen molar-refractivity contribution in [2.45, 2.75) is 16.9 Å². The Morgan fingerprint density at radius 3 is 2.52 bits per heavy atom. The molecule has 0 bridgehead atoms. The van der Waals surface area contributed by atoms with E-state index in [9.17, 15) is 9.90 Å². The molecule has 4 rings (SSSR count). The van der Waals surface area contributed by atoms with Gasteiger partial charge in [0.05, 0.1) is 19.5 Å². The Morgan fingerprint density at radius 1 is 1.11 bits per heavy atom. The lowest BCUT2D eigenvalue weighted by atomic mass is 10.1. The number of fused-ring (bicyclic) bond motifs is 1. The van der Waals surface area contributed by atoms with Gasteiger partial charge in [0.1, 0.15) is 5.75 Å². The molecule has 0 unspecified atom stereocenters. The maximum absolute atomic E-state index is 12.7. The average Bonchev–Trinajstić information content (AvgIpc) is 3.26. The molecule has 0 spiro atoms. The van der Waals surface area contributed by atoms with E-state index in [2.05, 4.69) is 10.2 Å². The highest BCUT2D eigenvalue weighted by Gasteiger charge is 2.34. The second kappa shape index (κ2) is 6.96. The average molecular weight is 384 g/mol. The number of phenols is 1. The van der Waals surface area contributed by atoms with E-state index in [1.807, 2.05) is 6.07 Å². The number of ether oxygens (including phenoxy) is 2. The van der Waals surface area contributed by atoms with E-state index in [1.165, 1.54) is 11.8 Å². The number of rotatable bonds is 5. The van der Waals surface area contributed by atoms with Gasteiger partial charge in [-0.05, 0) is 48.4 Å². The molecule has 1 atom stereocenters. The summed E-state index contributed by atoms with van der Waals surface area (Å²) < 4.78 is 16.3. The maximum Gasteiger partial charge on any atom is 0.277 e. The molecule has 1 heterocycles. The topological polar surface area (TPSA) is 94.7 Å². The Balaban J connectivity index is 1.54. The van der Waals surface area contributed by atoms with Gasteiger partial charge in [0.25, 0.3) is 5.22 Å². The smallest absolute Gasteiger partial charge is 0.277 e. The van der Waals surface area contributed by atoms with Crippen LogP contribution in [0.5, 0.6) is 17.2 Å². The third-order valence-electron chi connectivity index (χ3n) is 4.34. The third-order valence-corrected chi connectivity index (χ3v) is 5.37. The highest BCUT2D eigenvalue weighted by atomic mass is 32.2. The van der Waals surface area contributed by atoms with Crippen molar-refractivity contribution in [1.82, 2.24) is 10.2 Å². The van der Waals surface area contributed by atoms with E-state index in [1.54, 1.807) is 44.6 Å². The number of hydrogen-bond donors (Lipinski definition) is 1. The summed E-state index contributed by atoms with van der Waals surface area (Å²) in [6, 6.07) is 10.0. The van der Waals surface area contributed by atoms with Crippen LogP contribution in [0, 0.1) is 0 Å². The van der Waals surface area contributed by atoms with Crippen LogP contribution in [0.3, 0.4) is 0 Å². The van der Waals surface area contributed by atoms with Crippen molar-refractivity contribution < 1.29 is 23.8 Å². The van der Waals surface area contributed by atoms with Crippen molar-refractivity contribution in [3.05, 3.63) is 47.5 Å². The first kappa shape index (κ1) is 17.4. The van der Waals surface area contributed by atoms with E-state index in [0.717, 1.165) is 5.56 Å². The van der Waals surface area contributed by atoms with Crippen LogP contribution in [-0.2, 0) is 6.42 Å². The van der Waals surface area contributed by atoms with Gasteiger partial charge in [-0.1, -0.05) is 11.8 Å². The van der Waals surface area contributed by atoms with Gasteiger partial charge in [-0.2, -0.15) is 0 Å². The standard InChI is InChI=1S/C19H16N2O5S/c1-24-14-7-11-8-16(17(23)13(11)9-15(14)25-2)27-19-21-20-18(26-19)10-3-5-12(22)6-4-10/h3-7,9,16,22H,8H2,1-2H3/t16-/m1/s1. The zero-order chi connectivity index (χ0) is 19.0. The van der Waals surface area contributed by atoms with E-state index in [-0.39, 0.29) is 16.8 Å². The molecule has 1 N–H and O–H groups in total. The van der Waals surface area contributed by atoms with Gasteiger partial charge in [-0.25, -0.2) is 0 Å². The summed E-state index contributed by atoms with van der Waals surface area (Å²) >= 11 is 1.24. The van der Waals surface area contributed by atoms with Gasteiger partial charge < -0.3 is 19.0 Å². The third kappa shape index (κ3) is 3.23. The molecule has 27 heavy (non-hydrogen) atoms. The quantitative estimate of drug-likeness (QED) is 0.716. The number of phenolic OH excluding ortho intramolecular Hbond substituents is 1. The fourth-order valence-corrected chi connectivity index (χ4v) is 3.94. The minimum atomic E-state index is -0.343. The van der Waals surface area contributed by atoms with Crippen molar-refractivity contribution in [2.75, 3.05) is 14.2 Å². The van der Waals surface area contributed by atoms with E-state index < -0.39 is 0 Å². The highest BCUT2D eigenvalue weighted by Crippen LogP contribution is 2.39. The SMILES string of the molecule is COc1cc2c(cc1OC)C(=O)[C@H](Sc1nnc(-c3ccc(O)cc3)o1)C2. The van der Waals surface area contributed by atoms with Crippen LogP contribution < -0.4 is 9.47 Å². The van der Waals surface area contributed by atoms with E-state index in [0.29, 0.717) is 40.2 Å². The van der Waals surface area contributed by atoms with Gasteiger partial charge in [-0.15, -0.1) is 10.2 Å². The molecule has 0 radical (unpaired) electrons. The van der Waals surface area contributed by atoms with Crippen LogP contribution in [0.2, 0.25) is 0 Å². The molecule has 0 amide bonds. The number of ketones is 1. The summed E-state index contributed by atoms with van der Waals surface area (Å²) in [5.41, 5.74) is 2.24. The minimum absolute atomic E-state index is 0.000312. The molecule has 7 nitrogen and oxygen atoms in total. The van der Waals surface area contributed by atoms with Gasteiger partial charge in [0.15, 0.2) is 17.3 Å². The van der Waals surface area contributed by atoms with Gasteiger partial charge >= 0.3 is 0 Å². The Kier molecular flexibility index (Phi) is 4.49. The molecular weight excluding hydrogens is 368 g/mol. The first-order valence-corrected chi connectivity index (χ1v) is 9.05. The van der Waals surface area contributed by atoms with Crippen LogP contribution in [-0.4, -0.2) is 40.6 Å². The number of aromatic hydroxyl groups is 1. The fourth-order valence-electron chi connectivity index (χ4n) is 2.98. The van der Waals surface area contributed by atoms with E-state index in [4.69, 9.17) is 13.9 Å². The predicted octanol–water partition coefficient (Wildman–Crippen LogP) is 3.36. The molecule has 1 aliphatic carbocycles. The lowest BCUT2D eigenvalue weighted by Crippen LogP contribution is -2.11. The number of methoxy groups -OCH3 is 2. The summed E-state index contributed by atoms with van der Waals surface area (Å²) in [6.07, 6.45) is 0.552. The van der Waals surface area contributed by atoms with Gasteiger partial charge in [0.2, 0.25) is 5.89 Å². The predicted molar refractivity (Wildman–Crippen MR) is 98.6 cm³/mol. The molecule has 3 aromatic rings. The monoisotopic (exact) mass is 384 g/mol. The van der Waals surface area contributed by atoms with Crippen LogP contribution in [0.4, 0.5) is 0 Å². The zero-order valence-corrected chi connectivity index (χ0v) is 15.4. The minimum Gasteiger partial charge on any atom is -0.508 e. The Labute approximate surface area is 159 Å². The number of carbonyl (C=O) groups excluding carboxylic acids is 1. The second-order valence-corrected chi connectivity index (χ2v) is 7.11. The number of thioether (sulfide) groups is 1. The van der Waals surface area contributed by atoms with E-state index >= 15 is 0 Å². The van der Waals surface area contributed by atoms with Crippen molar-refractivity contribution in [2.24, 2.45) is 0 Å². The molecule has 0 saturated heterocycles. The molecule has 0 fully saturated rings. The molecular formula is C19H16N2O5S. The number of aromatic nitrogens is 2. The fraction of sp³-hybridized carbons (Fsp3) is 0.211. The van der Waals surface area contributed by atoms with Crippen molar-refractivity contribution in [1.29, 1.82) is 0 Å². The Morgan fingerprint density at radius 2 is 1.81 bits per heavy atom. The highest BCUT2D eigenvalue weighted by molar-refractivity contribution is 8.00. The lowest BCUT2D eigenvalue weighted by Gasteiger charge is -2.09. The molecule has 0 aliphatic heterocycles. The Hall–Kier alpha value is -3.00. The number of hydrogen-bond acceptors (Lipinski definition) is 8. The largest absolute Gasteiger partial charge is 0.508 e. The van der Waals surface area contributed by atoms with Crippen LogP contribution in [0.1, 0.15) is 15.9 Å². The number of Topliss-reactive ketones (excluding diaryl/α,β-unsaturated/α-hetero) is 1. The number of nitrogens with zero attached hydrogens (tertiary/aromatic N) is 2. The molecule has 8 heteroatoms. The van der Waals surface area contributed by atoms with Gasteiger partial charge in [0, 0.05) is 11.1 Å². The number of carbonyl (C=O) groups is 1. The van der Waals surface area contributed by atoms with Crippen LogP contribution in [0.15, 0.2) is 46.0 Å². The zero-order valence-electron chi connectivity index (χ0n) is 14.6. The van der Waals surface area contributed by atoms with Crippen LogP contribution >= 0.6 is 11.8 Å². The van der Waals surface area contributed by atoms with Crippen molar-refractivity contribution in [3.63, 3.8) is 0 Å².